The van der Waals surface area contributed by atoms with Gasteiger partial charge in [0.2, 0.25) is 11.8 Å². The Kier molecular flexibility index (Phi) is 12.7. The van der Waals surface area contributed by atoms with Gasteiger partial charge in [-0.2, -0.15) is 0 Å². The van der Waals surface area contributed by atoms with Gasteiger partial charge in [0.25, 0.3) is 11.8 Å². The minimum Gasteiger partial charge on any atom is -0.366 e. The minimum absolute atomic E-state index is 0.0357. The van der Waals surface area contributed by atoms with E-state index in [1.807, 2.05) is 9.80 Å². The Morgan fingerprint density at radius 3 is 0.900 bits per heavy atom. The average molecular weight is 549 g/mol. The molecule has 0 unspecified atom stereocenters. The van der Waals surface area contributed by atoms with Crippen LogP contribution in [0.25, 0.3) is 0 Å². The molecule has 216 valence electrons. The largest absolute Gasteiger partial charge is 0.366 e. The van der Waals surface area contributed by atoms with Gasteiger partial charge in [-0.1, -0.05) is 51.4 Å². The van der Waals surface area contributed by atoms with Crippen molar-refractivity contribution in [2.45, 2.75) is 77.0 Å². The van der Waals surface area contributed by atoms with Gasteiger partial charge in [0.15, 0.2) is 0 Å². The highest BCUT2D eigenvalue weighted by Gasteiger charge is 2.19. The number of hydrogen-bond donors (Lipinski definition) is 2. The molecule has 0 radical (unpaired) electrons. The van der Waals surface area contributed by atoms with E-state index in [9.17, 15) is 19.2 Å². The highest BCUT2D eigenvalue weighted by Crippen LogP contribution is 2.16. The molecule has 0 atom stereocenters. The maximum atomic E-state index is 12.8. The lowest BCUT2D eigenvalue weighted by Crippen LogP contribution is -2.33. The highest BCUT2D eigenvalue weighted by molar-refractivity contribution is 5.98. The van der Waals surface area contributed by atoms with E-state index in [2.05, 4.69) is 0 Å². The summed E-state index contributed by atoms with van der Waals surface area (Å²) in [7, 11) is 0. The van der Waals surface area contributed by atoms with Crippen LogP contribution in [0.4, 0.5) is 0 Å². The molecule has 2 aromatic rings. The number of rotatable bonds is 4. The summed E-state index contributed by atoms with van der Waals surface area (Å²) in [4.78, 5) is 50.5. The summed E-state index contributed by atoms with van der Waals surface area (Å²) in [5.41, 5.74) is 12.5. The van der Waals surface area contributed by atoms with Crippen LogP contribution in [0.5, 0.6) is 0 Å². The third-order valence-corrected chi connectivity index (χ3v) is 7.62. The summed E-state index contributed by atoms with van der Waals surface area (Å²) < 4.78 is 0. The van der Waals surface area contributed by atoms with E-state index in [0.717, 1.165) is 51.9 Å². The number of carbonyl (C=O) groups is 4. The highest BCUT2D eigenvalue weighted by atomic mass is 16.2. The van der Waals surface area contributed by atoms with Crippen molar-refractivity contribution in [3.63, 3.8) is 0 Å². The zero-order chi connectivity index (χ0) is 28.7. The number of nitrogens with zero attached hydrogens (tertiary/aromatic N) is 2. The summed E-state index contributed by atoms with van der Waals surface area (Å²) in [5, 5.41) is 0. The number of carbonyl (C=O) groups excluding carboxylic acids is 4. The van der Waals surface area contributed by atoms with Crippen LogP contribution in [0, 0.1) is 0 Å². The second-order valence-corrected chi connectivity index (χ2v) is 10.7. The van der Waals surface area contributed by atoms with Crippen LogP contribution in [0.15, 0.2) is 48.5 Å². The summed E-state index contributed by atoms with van der Waals surface area (Å²) in [6, 6.07) is 13.2. The Labute approximate surface area is 238 Å². The van der Waals surface area contributed by atoms with Gasteiger partial charge < -0.3 is 21.3 Å². The van der Waals surface area contributed by atoms with E-state index >= 15 is 0 Å². The molecule has 0 aliphatic carbocycles. The van der Waals surface area contributed by atoms with Crippen molar-refractivity contribution in [1.29, 1.82) is 0 Å². The van der Waals surface area contributed by atoms with Crippen molar-refractivity contribution in [2.24, 2.45) is 11.5 Å². The molecule has 4 amide bonds. The Morgan fingerprint density at radius 2 is 0.625 bits per heavy atom. The molecule has 0 spiro atoms. The fraction of sp³-hybridized carbons (Fsp3) is 0.500. The predicted octanol–water partition coefficient (Wildman–Crippen LogP) is 5.16. The van der Waals surface area contributed by atoms with Crippen molar-refractivity contribution < 1.29 is 19.2 Å². The van der Waals surface area contributed by atoms with Crippen LogP contribution in [0.1, 0.15) is 118 Å². The fourth-order valence-corrected chi connectivity index (χ4v) is 5.17. The first-order valence-electron chi connectivity index (χ1n) is 14.7. The molecular formula is C32H44N4O4. The summed E-state index contributed by atoms with van der Waals surface area (Å²) in [6.07, 6.45) is 14.6. The quantitative estimate of drug-likeness (QED) is 0.547. The molecule has 2 fully saturated rings. The number of hydrogen-bond acceptors (Lipinski definition) is 4. The second kappa shape index (κ2) is 16.4. The van der Waals surface area contributed by atoms with Crippen LogP contribution in [-0.4, -0.2) is 59.6 Å². The SMILES string of the molecule is NC(=O)c1ccc(C(=O)N2CCCC2)cc1.NC(=O)c1ccc(C(=O)N2CCCCCCCCCCCC2)cc1. The third-order valence-electron chi connectivity index (χ3n) is 7.62. The molecular weight excluding hydrogens is 504 g/mol. The molecule has 8 heteroatoms. The van der Waals surface area contributed by atoms with Gasteiger partial charge in [-0.3, -0.25) is 19.2 Å². The van der Waals surface area contributed by atoms with Gasteiger partial charge in [0.1, 0.15) is 0 Å². The van der Waals surface area contributed by atoms with E-state index in [0.29, 0.717) is 22.3 Å². The first-order chi connectivity index (χ1) is 19.4. The Hall–Kier alpha value is -3.68. The Bertz CT molecular complexity index is 1090. The molecule has 8 nitrogen and oxygen atoms in total. The Morgan fingerprint density at radius 1 is 0.400 bits per heavy atom. The molecule has 40 heavy (non-hydrogen) atoms. The van der Waals surface area contributed by atoms with Crippen molar-refractivity contribution in [3.05, 3.63) is 70.8 Å². The first kappa shape index (κ1) is 30.9. The molecule has 2 heterocycles. The zero-order valence-electron chi connectivity index (χ0n) is 23.6. The number of benzene rings is 2. The standard InChI is InChI=1S/C20H30N2O2.C12H14N2O2/c21-19(23)17-11-13-18(14-12-17)20(24)22-15-9-7-5-3-1-2-4-6-8-10-16-22;13-11(15)9-3-5-10(6-4-9)12(16)14-7-1-2-8-14/h11-14H,1-10,15-16H2,(H2,21,23);3-6H,1-2,7-8H2,(H2,13,15). The minimum atomic E-state index is -0.472. The summed E-state index contributed by atoms with van der Waals surface area (Å²) >= 11 is 0. The lowest BCUT2D eigenvalue weighted by Gasteiger charge is -2.23. The van der Waals surface area contributed by atoms with Crippen molar-refractivity contribution in [1.82, 2.24) is 9.80 Å². The fourth-order valence-electron chi connectivity index (χ4n) is 5.17. The third kappa shape index (κ3) is 9.81. The summed E-state index contributed by atoms with van der Waals surface area (Å²) in [5.74, 6) is -0.828. The monoisotopic (exact) mass is 548 g/mol. The normalized spacial score (nSPS) is 16.9. The van der Waals surface area contributed by atoms with Crippen LogP contribution >= 0.6 is 0 Å². The van der Waals surface area contributed by atoms with Crippen molar-refractivity contribution >= 4 is 23.6 Å². The van der Waals surface area contributed by atoms with Gasteiger partial charge in [-0.15, -0.1) is 0 Å². The molecule has 2 aliphatic heterocycles. The Balaban J connectivity index is 0.000000238. The van der Waals surface area contributed by atoms with E-state index in [1.165, 1.54) is 51.4 Å². The molecule has 2 aliphatic rings. The van der Waals surface area contributed by atoms with Gasteiger partial charge in [-0.05, 0) is 74.2 Å². The maximum Gasteiger partial charge on any atom is 0.253 e. The molecule has 2 saturated heterocycles. The lowest BCUT2D eigenvalue weighted by molar-refractivity contribution is 0.0747. The van der Waals surface area contributed by atoms with Crippen molar-refractivity contribution in [3.8, 4) is 0 Å². The van der Waals surface area contributed by atoms with E-state index < -0.39 is 11.8 Å². The molecule has 2 aromatic carbocycles. The number of primary amides is 2. The van der Waals surface area contributed by atoms with Gasteiger partial charge in [-0.25, -0.2) is 0 Å². The molecule has 0 bridgehead atoms. The van der Waals surface area contributed by atoms with Gasteiger partial charge in [0, 0.05) is 48.4 Å². The van der Waals surface area contributed by atoms with E-state index in [4.69, 9.17) is 11.5 Å². The van der Waals surface area contributed by atoms with Crippen LogP contribution < -0.4 is 11.5 Å². The molecule has 4 rings (SSSR count). The summed E-state index contributed by atoms with van der Waals surface area (Å²) in [6.45, 7) is 3.32. The van der Waals surface area contributed by atoms with E-state index in [-0.39, 0.29) is 11.8 Å². The van der Waals surface area contributed by atoms with Crippen LogP contribution in [0.3, 0.4) is 0 Å². The average Bonchev–Trinajstić information content (AvgIpc) is 3.52. The van der Waals surface area contributed by atoms with Crippen LogP contribution in [-0.2, 0) is 0 Å². The molecule has 0 saturated carbocycles. The zero-order valence-corrected chi connectivity index (χ0v) is 23.6. The smallest absolute Gasteiger partial charge is 0.253 e. The van der Waals surface area contributed by atoms with Gasteiger partial charge in [0.05, 0.1) is 0 Å². The van der Waals surface area contributed by atoms with Gasteiger partial charge >= 0.3 is 0 Å². The first-order valence-corrected chi connectivity index (χ1v) is 14.7. The topological polar surface area (TPSA) is 127 Å². The predicted molar refractivity (Wildman–Crippen MR) is 157 cm³/mol. The number of likely N-dealkylation sites (tertiary alicyclic amines) is 1. The van der Waals surface area contributed by atoms with E-state index in [1.54, 1.807) is 48.5 Å². The number of amides is 4. The second-order valence-electron chi connectivity index (χ2n) is 10.7. The number of nitrogens with two attached hydrogens (primary N) is 2. The lowest BCUT2D eigenvalue weighted by atomic mass is 10.1. The van der Waals surface area contributed by atoms with Crippen LogP contribution in [0.2, 0.25) is 0 Å². The maximum absolute atomic E-state index is 12.8. The molecule has 0 aromatic heterocycles. The van der Waals surface area contributed by atoms with Crippen molar-refractivity contribution in [2.75, 3.05) is 26.2 Å². The molecule has 4 N–H and O–H groups in total.